The minimum Gasteiger partial charge on any atom is -0.392 e. The molecule has 4 heteroatoms. The van der Waals surface area contributed by atoms with Crippen LogP contribution in [0.15, 0.2) is 18.3 Å². The molecule has 0 aliphatic heterocycles. The molecule has 0 bridgehead atoms. The van der Waals surface area contributed by atoms with Crippen LogP contribution in [0.2, 0.25) is 0 Å². The number of anilines is 1. The molecule has 1 aromatic rings. The predicted molar refractivity (Wildman–Crippen MR) is 44.7 cm³/mol. The lowest BCUT2D eigenvalue weighted by Gasteiger charge is -1.95. The van der Waals surface area contributed by atoms with E-state index in [4.69, 9.17) is 10.8 Å². The summed E-state index contributed by atoms with van der Waals surface area (Å²) in [6.07, 6.45) is 4.49. The molecule has 0 fully saturated rings. The van der Waals surface area contributed by atoms with Crippen molar-refractivity contribution in [3.63, 3.8) is 0 Å². The molecule has 64 valence electrons. The number of aliphatic hydroxyl groups is 1. The number of aliphatic hydroxyl groups excluding tert-OH is 1. The van der Waals surface area contributed by atoms with Gasteiger partial charge in [-0.25, -0.2) is 9.37 Å². The Hall–Kier alpha value is -1.42. The van der Waals surface area contributed by atoms with Crippen LogP contribution in [0.3, 0.4) is 0 Å². The fraction of sp³-hybridized carbons (Fsp3) is 0.125. The molecule has 0 spiro atoms. The smallest absolute Gasteiger partial charge is 0.165 e. The second kappa shape index (κ2) is 3.82. The predicted octanol–water partition coefficient (Wildman–Crippen LogP) is 0.808. The molecule has 1 rings (SSSR count). The second-order valence-corrected chi connectivity index (χ2v) is 2.22. The first kappa shape index (κ1) is 8.67. The highest BCUT2D eigenvalue weighted by Gasteiger charge is 1.97. The van der Waals surface area contributed by atoms with Crippen LogP contribution in [0.4, 0.5) is 10.2 Å². The number of hydrogen-bond acceptors (Lipinski definition) is 3. The van der Waals surface area contributed by atoms with Gasteiger partial charge in [0.05, 0.1) is 6.61 Å². The Morgan fingerprint density at radius 3 is 3.00 bits per heavy atom. The van der Waals surface area contributed by atoms with Crippen LogP contribution >= 0.6 is 0 Å². The van der Waals surface area contributed by atoms with E-state index in [0.717, 1.165) is 0 Å². The maximum absolute atomic E-state index is 12.7. The Morgan fingerprint density at radius 2 is 2.42 bits per heavy atom. The molecule has 1 aromatic heterocycles. The molecule has 0 atom stereocenters. The summed E-state index contributed by atoms with van der Waals surface area (Å²) in [5, 5.41) is 8.43. The number of nitrogen functional groups attached to an aromatic ring is 1. The number of rotatable bonds is 2. The van der Waals surface area contributed by atoms with E-state index in [0.29, 0.717) is 5.56 Å². The summed E-state index contributed by atoms with van der Waals surface area (Å²) in [6, 6.07) is 1.26. The molecule has 0 radical (unpaired) electrons. The summed E-state index contributed by atoms with van der Waals surface area (Å²) < 4.78 is 12.7. The van der Waals surface area contributed by atoms with E-state index in [2.05, 4.69) is 4.98 Å². The molecule has 0 saturated carbocycles. The summed E-state index contributed by atoms with van der Waals surface area (Å²) in [7, 11) is 0. The SMILES string of the molecule is Nc1ncc(C=CCO)cc1F. The first-order valence-electron chi connectivity index (χ1n) is 3.42. The average molecular weight is 168 g/mol. The van der Waals surface area contributed by atoms with Gasteiger partial charge < -0.3 is 10.8 Å². The van der Waals surface area contributed by atoms with E-state index in [-0.39, 0.29) is 12.4 Å². The molecule has 0 amide bonds. The van der Waals surface area contributed by atoms with Gasteiger partial charge in [0.2, 0.25) is 0 Å². The van der Waals surface area contributed by atoms with Crippen LogP contribution in [-0.4, -0.2) is 16.7 Å². The molecular formula is C8H9FN2O. The monoisotopic (exact) mass is 168 g/mol. The fourth-order valence-electron chi connectivity index (χ4n) is 0.743. The van der Waals surface area contributed by atoms with Crippen molar-refractivity contribution < 1.29 is 9.50 Å². The molecule has 0 aliphatic rings. The van der Waals surface area contributed by atoms with Crippen LogP contribution < -0.4 is 5.73 Å². The third-order valence-corrected chi connectivity index (χ3v) is 1.31. The highest BCUT2D eigenvalue weighted by molar-refractivity contribution is 5.50. The quantitative estimate of drug-likeness (QED) is 0.687. The third-order valence-electron chi connectivity index (χ3n) is 1.31. The van der Waals surface area contributed by atoms with Crippen molar-refractivity contribution in [3.8, 4) is 0 Å². The maximum Gasteiger partial charge on any atom is 0.165 e. The lowest BCUT2D eigenvalue weighted by molar-refractivity contribution is 0.343. The zero-order valence-corrected chi connectivity index (χ0v) is 6.37. The molecule has 1 heterocycles. The standard InChI is InChI=1S/C8H9FN2O/c9-7-4-6(2-1-3-12)5-11-8(7)10/h1-2,4-5,12H,3H2,(H2,10,11). The summed E-state index contributed by atoms with van der Waals surface area (Å²) in [6.45, 7) is -0.0774. The first-order valence-corrected chi connectivity index (χ1v) is 3.42. The lowest BCUT2D eigenvalue weighted by atomic mass is 10.2. The zero-order valence-electron chi connectivity index (χ0n) is 6.37. The number of hydrogen-bond donors (Lipinski definition) is 2. The Balaban J connectivity index is 2.89. The van der Waals surface area contributed by atoms with E-state index in [9.17, 15) is 4.39 Å². The Kier molecular flexibility index (Phi) is 2.76. The number of nitrogens with two attached hydrogens (primary N) is 1. The van der Waals surface area contributed by atoms with Gasteiger partial charge in [0.25, 0.3) is 0 Å². The molecular weight excluding hydrogens is 159 g/mol. The van der Waals surface area contributed by atoms with E-state index in [1.807, 2.05) is 0 Å². The average Bonchev–Trinajstić information content (AvgIpc) is 2.07. The summed E-state index contributed by atoms with van der Waals surface area (Å²) in [5.41, 5.74) is 5.74. The van der Waals surface area contributed by atoms with Crippen LogP contribution in [0.5, 0.6) is 0 Å². The Bertz CT molecular complexity index is 299. The third kappa shape index (κ3) is 2.03. The Labute approximate surface area is 69.4 Å². The molecule has 3 N–H and O–H groups in total. The van der Waals surface area contributed by atoms with E-state index < -0.39 is 5.82 Å². The molecule has 12 heavy (non-hydrogen) atoms. The number of aromatic nitrogens is 1. The van der Waals surface area contributed by atoms with Gasteiger partial charge in [-0.2, -0.15) is 0 Å². The highest BCUT2D eigenvalue weighted by Crippen LogP contribution is 2.09. The summed E-state index contributed by atoms with van der Waals surface area (Å²) in [5.74, 6) is -0.661. The van der Waals surface area contributed by atoms with Gasteiger partial charge in [-0.15, -0.1) is 0 Å². The number of pyridine rings is 1. The van der Waals surface area contributed by atoms with Gasteiger partial charge in [0.15, 0.2) is 11.6 Å². The van der Waals surface area contributed by atoms with Gasteiger partial charge in [-0.3, -0.25) is 0 Å². The van der Waals surface area contributed by atoms with E-state index in [1.54, 1.807) is 6.08 Å². The second-order valence-electron chi connectivity index (χ2n) is 2.22. The van der Waals surface area contributed by atoms with Crippen molar-refractivity contribution in [1.82, 2.24) is 4.98 Å². The van der Waals surface area contributed by atoms with Crippen molar-refractivity contribution in [1.29, 1.82) is 0 Å². The van der Waals surface area contributed by atoms with E-state index >= 15 is 0 Å². The largest absolute Gasteiger partial charge is 0.392 e. The van der Waals surface area contributed by atoms with Gasteiger partial charge in [0.1, 0.15) is 0 Å². The zero-order chi connectivity index (χ0) is 8.97. The van der Waals surface area contributed by atoms with Gasteiger partial charge in [-0.05, 0) is 11.6 Å². The van der Waals surface area contributed by atoms with Crippen molar-refractivity contribution in [2.24, 2.45) is 0 Å². The lowest BCUT2D eigenvalue weighted by Crippen LogP contribution is -1.94. The Morgan fingerprint density at radius 1 is 1.67 bits per heavy atom. The summed E-state index contributed by atoms with van der Waals surface area (Å²) in [4.78, 5) is 3.60. The van der Waals surface area contributed by atoms with Crippen molar-refractivity contribution >= 4 is 11.9 Å². The van der Waals surface area contributed by atoms with Crippen LogP contribution in [0.25, 0.3) is 6.08 Å². The first-order chi connectivity index (χ1) is 5.74. The van der Waals surface area contributed by atoms with Crippen LogP contribution in [0.1, 0.15) is 5.56 Å². The molecule has 0 aromatic carbocycles. The summed E-state index contributed by atoms with van der Waals surface area (Å²) >= 11 is 0. The van der Waals surface area contributed by atoms with Crippen LogP contribution in [0, 0.1) is 5.82 Å². The normalized spacial score (nSPS) is 10.8. The van der Waals surface area contributed by atoms with Crippen molar-refractivity contribution in [2.45, 2.75) is 0 Å². The minimum atomic E-state index is -0.546. The van der Waals surface area contributed by atoms with Crippen molar-refractivity contribution in [3.05, 3.63) is 29.7 Å². The van der Waals surface area contributed by atoms with Crippen molar-refractivity contribution in [2.75, 3.05) is 12.3 Å². The van der Waals surface area contributed by atoms with Gasteiger partial charge >= 0.3 is 0 Å². The molecule has 0 saturated heterocycles. The van der Waals surface area contributed by atoms with E-state index in [1.165, 1.54) is 18.3 Å². The topological polar surface area (TPSA) is 59.1 Å². The molecule has 0 unspecified atom stereocenters. The highest BCUT2D eigenvalue weighted by atomic mass is 19.1. The molecule has 0 aliphatic carbocycles. The number of halogens is 1. The van der Waals surface area contributed by atoms with Gasteiger partial charge in [-0.1, -0.05) is 12.2 Å². The molecule has 3 nitrogen and oxygen atoms in total. The number of nitrogens with zero attached hydrogens (tertiary/aromatic N) is 1. The van der Waals surface area contributed by atoms with Gasteiger partial charge in [0, 0.05) is 6.20 Å². The fourth-order valence-corrected chi connectivity index (χ4v) is 0.743. The maximum atomic E-state index is 12.7. The minimum absolute atomic E-state index is 0.0774. The van der Waals surface area contributed by atoms with Crippen LogP contribution in [-0.2, 0) is 0 Å².